The zero-order chi connectivity index (χ0) is 26.5. The summed E-state index contributed by atoms with van der Waals surface area (Å²) in [7, 11) is 2.06. The van der Waals surface area contributed by atoms with Gasteiger partial charge in [-0.1, -0.05) is 42.5 Å². The van der Waals surface area contributed by atoms with E-state index in [1.54, 1.807) is 12.1 Å². The highest BCUT2D eigenvalue weighted by Gasteiger charge is 2.42. The summed E-state index contributed by atoms with van der Waals surface area (Å²) in [6.07, 6.45) is -4.93. The highest BCUT2D eigenvalue weighted by atomic mass is 19.4. The zero-order valence-electron chi connectivity index (χ0n) is 19.7. The van der Waals surface area contributed by atoms with Gasteiger partial charge in [-0.3, -0.25) is 0 Å². The van der Waals surface area contributed by atoms with Gasteiger partial charge in [-0.15, -0.1) is 0 Å². The van der Waals surface area contributed by atoms with Crippen molar-refractivity contribution in [3.63, 3.8) is 0 Å². The van der Waals surface area contributed by atoms with Gasteiger partial charge in [-0.05, 0) is 36.8 Å². The molecule has 10 heteroatoms. The molecule has 0 aromatic heterocycles. The summed E-state index contributed by atoms with van der Waals surface area (Å²) in [6, 6.07) is 17.0. The summed E-state index contributed by atoms with van der Waals surface area (Å²) in [5, 5.41) is 0. The molecule has 1 atom stereocenters. The van der Waals surface area contributed by atoms with Crippen LogP contribution in [-0.4, -0.2) is 26.2 Å². The lowest BCUT2D eigenvalue weighted by Gasteiger charge is -2.30. The second-order valence-corrected chi connectivity index (χ2v) is 7.85. The Hall–Kier alpha value is -4.21. The summed E-state index contributed by atoms with van der Waals surface area (Å²) in [5.74, 6) is -2.20. The molecule has 3 rings (SSSR count). The van der Waals surface area contributed by atoms with Crippen molar-refractivity contribution in [2.24, 2.45) is 0 Å². The number of esters is 2. The Kier molecular flexibility index (Phi) is 7.77. The first-order chi connectivity index (χ1) is 17.0. The molecule has 190 valence electrons. The van der Waals surface area contributed by atoms with Gasteiger partial charge in [0.15, 0.2) is 0 Å². The highest BCUT2D eigenvalue weighted by Crippen LogP contribution is 2.40. The summed E-state index contributed by atoms with van der Waals surface area (Å²) in [4.78, 5) is 24.7. The van der Waals surface area contributed by atoms with Gasteiger partial charge >= 0.3 is 18.1 Å². The first kappa shape index (κ1) is 26.4. The molecule has 7 nitrogen and oxygen atoms in total. The van der Waals surface area contributed by atoms with Crippen LogP contribution < -0.4 is 15.2 Å². The Bertz CT molecular complexity index is 1250. The number of halogens is 3. The number of ether oxygens (including phenoxy) is 4. The minimum Gasteiger partial charge on any atom is -0.489 e. The molecule has 36 heavy (non-hydrogen) atoms. The molecule has 0 aliphatic carbocycles. The standard InChI is InChI=1S/C26H24F3NO6/c1-25(24(32)34-3,17-10-7-11-18(12-17)35-15-16-8-5-4-6-9-16)36-22-14-20(26(27,28)29)19(13-21(22)30)23(31)33-2/h4-14H,15,30H2,1-3H3. The molecule has 3 aromatic rings. The molecular weight excluding hydrogens is 479 g/mol. The van der Waals surface area contributed by atoms with Gasteiger partial charge in [0.2, 0.25) is 5.60 Å². The van der Waals surface area contributed by atoms with Crippen LogP contribution in [0.25, 0.3) is 0 Å². The number of hydrogen-bond acceptors (Lipinski definition) is 7. The van der Waals surface area contributed by atoms with Crippen molar-refractivity contribution in [2.45, 2.75) is 25.3 Å². The van der Waals surface area contributed by atoms with Crippen molar-refractivity contribution < 1.29 is 41.7 Å². The lowest BCUT2D eigenvalue weighted by molar-refractivity contribution is -0.158. The molecule has 1 unspecified atom stereocenters. The SMILES string of the molecule is COC(=O)c1cc(N)c(OC(C)(C(=O)OC)c2cccc(OCc3ccccc3)c2)cc1C(F)(F)F. The Balaban J connectivity index is 2.01. The summed E-state index contributed by atoms with van der Waals surface area (Å²) >= 11 is 0. The van der Waals surface area contributed by atoms with Crippen molar-refractivity contribution >= 4 is 17.6 Å². The van der Waals surface area contributed by atoms with Gasteiger partial charge < -0.3 is 24.7 Å². The van der Waals surface area contributed by atoms with Crippen molar-refractivity contribution in [3.05, 3.63) is 89.0 Å². The maximum absolute atomic E-state index is 13.7. The van der Waals surface area contributed by atoms with Gasteiger partial charge in [-0.2, -0.15) is 13.2 Å². The van der Waals surface area contributed by atoms with E-state index < -0.39 is 40.6 Å². The van der Waals surface area contributed by atoms with Crippen molar-refractivity contribution in [1.29, 1.82) is 0 Å². The van der Waals surface area contributed by atoms with Crippen LogP contribution in [0.4, 0.5) is 18.9 Å². The topological polar surface area (TPSA) is 97.1 Å². The van der Waals surface area contributed by atoms with Gasteiger partial charge in [0, 0.05) is 5.56 Å². The number of carbonyl (C=O) groups is 2. The maximum atomic E-state index is 13.7. The van der Waals surface area contributed by atoms with Gasteiger partial charge in [0.1, 0.15) is 18.1 Å². The van der Waals surface area contributed by atoms with Crippen molar-refractivity contribution in [1.82, 2.24) is 0 Å². The molecule has 0 bridgehead atoms. The van der Waals surface area contributed by atoms with Crippen molar-refractivity contribution in [3.8, 4) is 11.5 Å². The highest BCUT2D eigenvalue weighted by molar-refractivity contribution is 5.93. The van der Waals surface area contributed by atoms with Crippen molar-refractivity contribution in [2.75, 3.05) is 20.0 Å². The number of anilines is 1. The number of methoxy groups -OCH3 is 2. The van der Waals surface area contributed by atoms with Crippen LogP contribution >= 0.6 is 0 Å². The van der Waals surface area contributed by atoms with E-state index in [9.17, 15) is 22.8 Å². The minimum atomic E-state index is -4.93. The average molecular weight is 503 g/mol. The molecule has 2 N–H and O–H groups in total. The van der Waals surface area contributed by atoms with Crippen LogP contribution in [0.5, 0.6) is 11.5 Å². The van der Waals surface area contributed by atoms with E-state index in [1.807, 2.05) is 30.3 Å². The van der Waals surface area contributed by atoms with Crippen LogP contribution in [-0.2, 0) is 32.7 Å². The van der Waals surface area contributed by atoms with Crippen LogP contribution in [0.15, 0.2) is 66.7 Å². The average Bonchev–Trinajstić information content (AvgIpc) is 2.87. The number of hydrogen-bond donors (Lipinski definition) is 1. The third-order valence-corrected chi connectivity index (χ3v) is 5.38. The Morgan fingerprint density at radius 1 is 0.917 bits per heavy atom. The zero-order valence-corrected chi connectivity index (χ0v) is 19.7. The molecule has 0 saturated carbocycles. The molecule has 0 spiro atoms. The molecule has 0 saturated heterocycles. The minimum absolute atomic E-state index is 0.241. The summed E-state index contributed by atoms with van der Waals surface area (Å²) in [5.41, 5.74) is 2.73. The molecule has 0 aliphatic rings. The Morgan fingerprint density at radius 3 is 2.22 bits per heavy atom. The fraction of sp³-hybridized carbons (Fsp3) is 0.231. The van der Waals surface area contributed by atoms with Crippen LogP contribution in [0.2, 0.25) is 0 Å². The van der Waals surface area contributed by atoms with E-state index in [4.69, 9.17) is 19.9 Å². The number of nitrogen functional groups attached to an aromatic ring is 1. The van der Waals surface area contributed by atoms with Crippen LogP contribution in [0, 0.1) is 0 Å². The number of alkyl halides is 3. The molecular formula is C26H24F3NO6. The summed E-state index contributed by atoms with van der Waals surface area (Å²) < 4.78 is 62.0. The Labute approximate surface area is 205 Å². The van der Waals surface area contributed by atoms with Crippen LogP contribution in [0.3, 0.4) is 0 Å². The van der Waals surface area contributed by atoms with E-state index in [2.05, 4.69) is 4.74 Å². The van der Waals surface area contributed by atoms with E-state index >= 15 is 0 Å². The third-order valence-electron chi connectivity index (χ3n) is 5.38. The number of carbonyl (C=O) groups excluding carboxylic acids is 2. The Morgan fingerprint density at radius 2 is 1.61 bits per heavy atom. The first-order valence-corrected chi connectivity index (χ1v) is 10.6. The quantitative estimate of drug-likeness (QED) is 0.337. The molecule has 0 amide bonds. The normalized spacial score (nSPS) is 12.8. The van der Waals surface area contributed by atoms with E-state index in [0.717, 1.165) is 25.8 Å². The lowest BCUT2D eigenvalue weighted by Crippen LogP contribution is -2.40. The van der Waals surface area contributed by atoms with Gasteiger partial charge in [0.05, 0.1) is 31.0 Å². The van der Waals surface area contributed by atoms with E-state index in [-0.39, 0.29) is 17.9 Å². The predicted molar refractivity (Wildman–Crippen MR) is 124 cm³/mol. The fourth-order valence-electron chi connectivity index (χ4n) is 3.45. The summed E-state index contributed by atoms with van der Waals surface area (Å²) in [6.45, 7) is 1.58. The second-order valence-electron chi connectivity index (χ2n) is 7.85. The monoisotopic (exact) mass is 503 g/mol. The lowest BCUT2D eigenvalue weighted by atomic mass is 9.95. The predicted octanol–water partition coefficient (Wildman–Crippen LogP) is 5.12. The molecule has 0 aliphatic heterocycles. The second kappa shape index (κ2) is 10.6. The van der Waals surface area contributed by atoms with E-state index in [0.29, 0.717) is 11.8 Å². The fourth-order valence-corrected chi connectivity index (χ4v) is 3.45. The molecule has 0 heterocycles. The molecule has 3 aromatic carbocycles. The number of nitrogens with two attached hydrogens (primary N) is 1. The van der Waals surface area contributed by atoms with Gasteiger partial charge in [0.25, 0.3) is 0 Å². The molecule has 0 radical (unpaired) electrons. The first-order valence-electron chi connectivity index (χ1n) is 10.6. The number of rotatable bonds is 8. The maximum Gasteiger partial charge on any atom is 0.417 e. The largest absolute Gasteiger partial charge is 0.489 e. The van der Waals surface area contributed by atoms with Crippen LogP contribution in [0.1, 0.15) is 34.0 Å². The number of benzene rings is 3. The molecule has 0 fully saturated rings. The smallest absolute Gasteiger partial charge is 0.417 e. The van der Waals surface area contributed by atoms with E-state index in [1.165, 1.54) is 19.1 Å². The third kappa shape index (κ3) is 5.70. The van der Waals surface area contributed by atoms with Gasteiger partial charge in [-0.25, -0.2) is 9.59 Å².